The molecule has 0 aromatic carbocycles. The fourth-order valence-corrected chi connectivity index (χ4v) is 3.63. The van der Waals surface area contributed by atoms with Crippen molar-refractivity contribution in [1.29, 1.82) is 0 Å². The van der Waals surface area contributed by atoms with Gasteiger partial charge in [-0.15, -0.1) is 0 Å². The molecule has 10 nitrogen and oxygen atoms in total. The lowest BCUT2D eigenvalue weighted by molar-refractivity contribution is -0.0289. The minimum atomic E-state index is -1.11. The number of aromatic nitrogens is 4. The minimum Gasteiger partial charge on any atom is -0.387 e. The molecule has 1 fully saturated rings. The summed E-state index contributed by atoms with van der Waals surface area (Å²) in [6, 6.07) is 0. The van der Waals surface area contributed by atoms with Crippen LogP contribution in [-0.2, 0) is 4.74 Å². The number of ether oxygens (including phenoxy) is 1. The standard InChI is InChI=1S/C13H21N7O3S/c14-1-6(2-15)24-3-7-9(21)10(22)13(23-7)20-5-19-8-11(16)17-4-18-12(8)20/h4-7,9-10,13,21-22H,1-3,14-15H2,(H2,16,17,18)/t7-,9-,10-,13-/m1/s1. The third kappa shape index (κ3) is 3.06. The van der Waals surface area contributed by atoms with Gasteiger partial charge in [0.15, 0.2) is 17.7 Å². The molecular weight excluding hydrogens is 334 g/mol. The average molecular weight is 355 g/mol. The van der Waals surface area contributed by atoms with E-state index in [-0.39, 0.29) is 11.1 Å². The molecule has 4 atom stereocenters. The van der Waals surface area contributed by atoms with Crippen LogP contribution in [0.2, 0.25) is 0 Å². The maximum Gasteiger partial charge on any atom is 0.167 e. The van der Waals surface area contributed by atoms with Crippen molar-refractivity contribution in [1.82, 2.24) is 19.5 Å². The number of imidazole rings is 1. The fraction of sp³-hybridized carbons (Fsp3) is 0.615. The molecule has 0 spiro atoms. The van der Waals surface area contributed by atoms with Crippen LogP contribution in [0, 0.1) is 0 Å². The first kappa shape index (κ1) is 17.3. The molecule has 3 heterocycles. The van der Waals surface area contributed by atoms with Gasteiger partial charge in [-0.2, -0.15) is 11.8 Å². The maximum atomic E-state index is 10.4. The van der Waals surface area contributed by atoms with Gasteiger partial charge in [-0.05, 0) is 0 Å². The number of rotatable bonds is 6. The van der Waals surface area contributed by atoms with Crippen molar-refractivity contribution in [2.24, 2.45) is 11.5 Å². The molecule has 0 saturated carbocycles. The smallest absolute Gasteiger partial charge is 0.167 e. The number of hydrogen-bond acceptors (Lipinski definition) is 10. The van der Waals surface area contributed by atoms with Crippen LogP contribution in [0.1, 0.15) is 6.23 Å². The zero-order valence-electron chi connectivity index (χ0n) is 12.9. The first-order chi connectivity index (χ1) is 11.6. The molecule has 0 amide bonds. The monoisotopic (exact) mass is 355 g/mol. The summed E-state index contributed by atoms with van der Waals surface area (Å²) in [6.45, 7) is 0.886. The highest BCUT2D eigenvalue weighted by molar-refractivity contribution is 8.00. The molecule has 8 N–H and O–H groups in total. The number of thioether (sulfide) groups is 1. The van der Waals surface area contributed by atoms with Gasteiger partial charge in [-0.1, -0.05) is 0 Å². The van der Waals surface area contributed by atoms with Gasteiger partial charge in [0, 0.05) is 24.1 Å². The summed E-state index contributed by atoms with van der Waals surface area (Å²) in [6.07, 6.45) is -0.720. The van der Waals surface area contributed by atoms with Gasteiger partial charge in [0.2, 0.25) is 0 Å². The molecule has 3 rings (SSSR count). The van der Waals surface area contributed by atoms with Gasteiger partial charge in [-0.25, -0.2) is 15.0 Å². The van der Waals surface area contributed by atoms with E-state index >= 15 is 0 Å². The van der Waals surface area contributed by atoms with Gasteiger partial charge in [-0.3, -0.25) is 4.57 Å². The Balaban J connectivity index is 1.78. The van der Waals surface area contributed by atoms with Crippen molar-refractivity contribution in [3.63, 3.8) is 0 Å². The number of anilines is 1. The van der Waals surface area contributed by atoms with Gasteiger partial charge in [0.05, 0.1) is 12.4 Å². The summed E-state index contributed by atoms with van der Waals surface area (Å²) in [5, 5.41) is 20.7. The first-order valence-corrected chi connectivity index (χ1v) is 8.58. The van der Waals surface area contributed by atoms with Crippen LogP contribution in [0.5, 0.6) is 0 Å². The van der Waals surface area contributed by atoms with E-state index in [2.05, 4.69) is 15.0 Å². The molecule has 1 aliphatic rings. The predicted molar refractivity (Wildman–Crippen MR) is 90.0 cm³/mol. The van der Waals surface area contributed by atoms with E-state index in [1.165, 1.54) is 24.4 Å². The van der Waals surface area contributed by atoms with Crippen LogP contribution < -0.4 is 17.2 Å². The summed E-state index contributed by atoms with van der Waals surface area (Å²) < 4.78 is 7.39. The van der Waals surface area contributed by atoms with Crippen molar-refractivity contribution < 1.29 is 14.9 Å². The Morgan fingerprint density at radius 3 is 2.67 bits per heavy atom. The third-order valence-corrected chi connectivity index (χ3v) is 5.40. The highest BCUT2D eigenvalue weighted by Crippen LogP contribution is 2.33. The highest BCUT2D eigenvalue weighted by atomic mass is 32.2. The molecule has 0 bridgehead atoms. The van der Waals surface area contributed by atoms with Crippen molar-refractivity contribution in [2.45, 2.75) is 29.8 Å². The minimum absolute atomic E-state index is 0.0820. The Hall–Kier alpha value is -1.50. The second kappa shape index (κ2) is 7.17. The van der Waals surface area contributed by atoms with E-state index in [4.69, 9.17) is 21.9 Å². The van der Waals surface area contributed by atoms with Gasteiger partial charge < -0.3 is 32.2 Å². The molecular formula is C13H21N7O3S. The predicted octanol–water partition coefficient (Wildman–Crippen LogP) is -1.95. The Labute approximate surface area is 142 Å². The molecule has 24 heavy (non-hydrogen) atoms. The molecule has 0 aliphatic carbocycles. The van der Waals surface area contributed by atoms with Crippen LogP contribution >= 0.6 is 11.8 Å². The molecule has 2 aromatic rings. The summed E-state index contributed by atoms with van der Waals surface area (Å²) in [7, 11) is 0. The first-order valence-electron chi connectivity index (χ1n) is 7.53. The lowest BCUT2D eigenvalue weighted by Gasteiger charge is -2.18. The number of nitrogens with zero attached hydrogens (tertiary/aromatic N) is 4. The van der Waals surface area contributed by atoms with Crippen LogP contribution in [0.25, 0.3) is 11.2 Å². The van der Waals surface area contributed by atoms with Crippen molar-refractivity contribution in [3.8, 4) is 0 Å². The lowest BCUT2D eigenvalue weighted by Crippen LogP contribution is -2.34. The molecule has 132 valence electrons. The maximum absolute atomic E-state index is 10.4. The Kier molecular flexibility index (Phi) is 5.18. The topological polar surface area (TPSA) is 171 Å². The molecule has 2 aromatic heterocycles. The van der Waals surface area contributed by atoms with E-state index in [1.807, 2.05) is 0 Å². The van der Waals surface area contributed by atoms with Crippen molar-refractivity contribution in [3.05, 3.63) is 12.7 Å². The van der Waals surface area contributed by atoms with E-state index in [0.29, 0.717) is 30.0 Å². The molecule has 11 heteroatoms. The quantitative estimate of drug-likeness (QED) is 0.392. The normalized spacial score (nSPS) is 27.4. The molecule has 1 aliphatic heterocycles. The van der Waals surface area contributed by atoms with Crippen LogP contribution in [0.15, 0.2) is 12.7 Å². The Morgan fingerprint density at radius 2 is 1.96 bits per heavy atom. The second-order valence-electron chi connectivity index (χ2n) is 5.56. The number of fused-ring (bicyclic) bond motifs is 1. The number of nitrogens with two attached hydrogens (primary N) is 3. The van der Waals surface area contributed by atoms with Crippen LogP contribution in [-0.4, -0.2) is 72.1 Å². The highest BCUT2D eigenvalue weighted by Gasteiger charge is 2.44. The lowest BCUT2D eigenvalue weighted by atomic mass is 10.1. The summed E-state index contributed by atoms with van der Waals surface area (Å²) in [5.41, 5.74) is 17.9. The number of aliphatic hydroxyl groups excluding tert-OH is 2. The van der Waals surface area contributed by atoms with E-state index in [1.54, 1.807) is 4.57 Å². The fourth-order valence-electron chi connectivity index (χ4n) is 2.62. The summed E-state index contributed by atoms with van der Waals surface area (Å²) in [4.78, 5) is 12.2. The van der Waals surface area contributed by atoms with Gasteiger partial charge >= 0.3 is 0 Å². The average Bonchev–Trinajstić information content (AvgIpc) is 3.13. The summed E-state index contributed by atoms with van der Waals surface area (Å²) >= 11 is 1.51. The van der Waals surface area contributed by atoms with E-state index in [0.717, 1.165) is 0 Å². The van der Waals surface area contributed by atoms with Gasteiger partial charge in [0.1, 0.15) is 24.1 Å². The van der Waals surface area contributed by atoms with E-state index < -0.39 is 24.5 Å². The number of hydrogen-bond donors (Lipinski definition) is 5. The molecule has 1 saturated heterocycles. The van der Waals surface area contributed by atoms with E-state index in [9.17, 15) is 10.2 Å². The zero-order valence-corrected chi connectivity index (χ0v) is 13.7. The van der Waals surface area contributed by atoms with Gasteiger partial charge in [0.25, 0.3) is 0 Å². The SMILES string of the molecule is NCC(CN)SC[C@H]1O[C@@H](n2cnc3c(N)ncnc32)[C@H](O)[C@@H]1O. The molecule has 0 unspecified atom stereocenters. The van der Waals surface area contributed by atoms with Crippen molar-refractivity contribution >= 4 is 28.7 Å². The Bertz CT molecular complexity index is 695. The molecule has 0 radical (unpaired) electrons. The number of nitrogen functional groups attached to an aromatic ring is 1. The van der Waals surface area contributed by atoms with Crippen molar-refractivity contribution in [2.75, 3.05) is 24.6 Å². The third-order valence-electron chi connectivity index (χ3n) is 4.02. The second-order valence-corrected chi connectivity index (χ2v) is 6.89. The Morgan fingerprint density at radius 1 is 1.21 bits per heavy atom. The largest absolute Gasteiger partial charge is 0.387 e. The number of aliphatic hydroxyl groups is 2. The van der Waals surface area contributed by atoms with Crippen LogP contribution in [0.4, 0.5) is 5.82 Å². The summed E-state index contributed by atoms with van der Waals surface area (Å²) in [5.74, 6) is 0.713. The van der Waals surface area contributed by atoms with Crippen LogP contribution in [0.3, 0.4) is 0 Å². The zero-order chi connectivity index (χ0) is 17.3.